The number of benzene rings is 6. The van der Waals surface area contributed by atoms with Crippen molar-refractivity contribution < 1.29 is 46.1 Å². The molecule has 61 heavy (non-hydrogen) atoms. The van der Waals surface area contributed by atoms with Crippen molar-refractivity contribution in [2.45, 2.75) is 25.2 Å². The van der Waals surface area contributed by atoms with Crippen LogP contribution in [0.4, 0.5) is 26.3 Å². The molecule has 2 heterocycles. The van der Waals surface area contributed by atoms with Crippen LogP contribution in [0.25, 0.3) is 42.4 Å². The van der Waals surface area contributed by atoms with E-state index in [1.165, 1.54) is 35.6 Å². The summed E-state index contributed by atoms with van der Waals surface area (Å²) >= 11 is 3.10. The van der Waals surface area contributed by atoms with Gasteiger partial charge < -0.3 is 15.5 Å². The normalized spacial score (nSPS) is 11.7. The van der Waals surface area contributed by atoms with E-state index in [4.69, 9.17) is 10.2 Å². The van der Waals surface area contributed by atoms with Gasteiger partial charge in [-0.2, -0.15) is 26.3 Å². The Hall–Kier alpha value is -6.28. The number of carbonyl (C=O) groups is 2. The summed E-state index contributed by atoms with van der Waals surface area (Å²) in [4.78, 5) is 25.0. The maximum atomic E-state index is 13.0. The van der Waals surface area contributed by atoms with E-state index in [9.17, 15) is 35.9 Å². The Morgan fingerprint density at radius 1 is 0.541 bits per heavy atom. The smallest absolute Gasteiger partial charge is 0.416 e. The van der Waals surface area contributed by atoms with Crippen LogP contribution < -0.4 is 5.32 Å². The summed E-state index contributed by atoms with van der Waals surface area (Å²) in [7, 11) is 0. The van der Waals surface area contributed by atoms with Crippen molar-refractivity contribution in [3.63, 3.8) is 0 Å². The number of amides is 1. The van der Waals surface area contributed by atoms with Crippen molar-refractivity contribution in [2.24, 2.45) is 0 Å². The molecule has 0 radical (unpaired) electrons. The zero-order valence-corrected chi connectivity index (χ0v) is 33.6. The lowest BCUT2D eigenvalue weighted by Crippen LogP contribution is -2.26. The first-order valence-corrected chi connectivity index (χ1v) is 20.5. The van der Waals surface area contributed by atoms with Crippen LogP contribution in [-0.4, -0.2) is 35.2 Å². The Balaban J connectivity index is 0.000000185. The number of hydrogen-bond donors (Lipinski definition) is 3. The fourth-order valence-corrected chi connectivity index (χ4v) is 9.30. The number of halogens is 6. The highest BCUT2D eigenvalue weighted by Crippen LogP contribution is 2.38. The van der Waals surface area contributed by atoms with Crippen LogP contribution in [0, 0.1) is 0 Å². The van der Waals surface area contributed by atoms with Gasteiger partial charge in [-0.3, -0.25) is 4.79 Å². The molecule has 0 saturated heterocycles. The fourth-order valence-electron chi connectivity index (χ4n) is 6.84. The standard InChI is InChI=1S/C25H20F3NO2S.C23H15F3O2S/c26-25(27,28)20-5-1-3-16(13-20)14-21-15-19-4-2-6-22(23(19)32-21)17-7-9-18(10-8-17)24(31)29-11-12-30;24-23(25,26)18-5-1-3-14(11-18)12-19-13-17-4-2-6-20(21(17)29-19)15-7-9-16(10-8-15)22(27)28/h1-10,13,15,30H,11-12,14H2,(H,29,31);1-11,13H,12H2,(H,27,28). The van der Waals surface area contributed by atoms with Crippen LogP contribution in [0.2, 0.25) is 0 Å². The fraction of sp³-hybridized carbons (Fsp3) is 0.125. The summed E-state index contributed by atoms with van der Waals surface area (Å²) in [5, 5.41) is 22.6. The zero-order valence-electron chi connectivity index (χ0n) is 32.0. The molecule has 0 bridgehead atoms. The van der Waals surface area contributed by atoms with E-state index in [2.05, 4.69) is 5.32 Å². The molecular formula is C48H35F6NO4S2. The number of alkyl halides is 6. The Kier molecular flexibility index (Phi) is 12.7. The van der Waals surface area contributed by atoms with Crippen LogP contribution >= 0.6 is 22.7 Å². The average molecular weight is 868 g/mol. The van der Waals surface area contributed by atoms with Gasteiger partial charge in [-0.05, 0) is 92.7 Å². The Morgan fingerprint density at radius 2 is 0.967 bits per heavy atom. The number of aliphatic hydroxyl groups excluding tert-OH is 1. The van der Waals surface area contributed by atoms with Gasteiger partial charge in [0.05, 0.1) is 23.3 Å². The molecule has 2 aromatic heterocycles. The van der Waals surface area contributed by atoms with E-state index in [0.717, 1.165) is 64.3 Å². The number of rotatable bonds is 10. The summed E-state index contributed by atoms with van der Waals surface area (Å²) in [5.41, 5.74) is 4.49. The molecule has 310 valence electrons. The lowest BCUT2D eigenvalue weighted by atomic mass is 10.0. The van der Waals surface area contributed by atoms with Gasteiger partial charge >= 0.3 is 18.3 Å². The van der Waals surface area contributed by atoms with Crippen molar-refractivity contribution >= 4 is 54.7 Å². The number of carboxylic acids is 1. The van der Waals surface area contributed by atoms with E-state index in [0.29, 0.717) is 29.5 Å². The molecule has 0 unspecified atom stereocenters. The number of hydrogen-bond acceptors (Lipinski definition) is 5. The lowest BCUT2D eigenvalue weighted by molar-refractivity contribution is -0.138. The summed E-state index contributed by atoms with van der Waals surface area (Å²) in [6.07, 6.45) is -7.87. The summed E-state index contributed by atoms with van der Waals surface area (Å²) < 4.78 is 80.0. The van der Waals surface area contributed by atoms with Gasteiger partial charge in [0.2, 0.25) is 0 Å². The summed E-state index contributed by atoms with van der Waals surface area (Å²) in [6, 6.07) is 40.5. The predicted octanol–water partition coefficient (Wildman–Crippen LogP) is 12.8. The first-order valence-electron chi connectivity index (χ1n) is 18.8. The summed E-state index contributed by atoms with van der Waals surface area (Å²) in [6.45, 7) is 0.0801. The number of carboxylic acid groups (broad SMARTS) is 1. The topological polar surface area (TPSA) is 86.6 Å². The van der Waals surface area contributed by atoms with Crippen LogP contribution in [0.5, 0.6) is 0 Å². The van der Waals surface area contributed by atoms with Gasteiger partial charge in [-0.15, -0.1) is 22.7 Å². The number of fused-ring (bicyclic) bond motifs is 2. The highest BCUT2D eigenvalue weighted by atomic mass is 32.1. The molecule has 0 aliphatic carbocycles. The van der Waals surface area contributed by atoms with E-state index >= 15 is 0 Å². The highest BCUT2D eigenvalue weighted by molar-refractivity contribution is 7.20. The van der Waals surface area contributed by atoms with Crippen LogP contribution in [0.15, 0.2) is 146 Å². The van der Waals surface area contributed by atoms with Crippen molar-refractivity contribution in [3.05, 3.63) is 189 Å². The highest BCUT2D eigenvalue weighted by Gasteiger charge is 2.31. The number of thiophene rings is 2. The van der Waals surface area contributed by atoms with E-state index < -0.39 is 29.4 Å². The lowest BCUT2D eigenvalue weighted by Gasteiger charge is -2.08. The Labute approximate surface area is 354 Å². The van der Waals surface area contributed by atoms with Gasteiger partial charge in [0.1, 0.15) is 0 Å². The van der Waals surface area contributed by atoms with Gasteiger partial charge in [-0.25, -0.2) is 4.79 Å². The molecule has 1 amide bonds. The van der Waals surface area contributed by atoms with Crippen LogP contribution in [-0.2, 0) is 25.2 Å². The van der Waals surface area contributed by atoms with E-state index in [1.807, 2.05) is 60.7 Å². The molecular weight excluding hydrogens is 833 g/mol. The maximum absolute atomic E-state index is 13.0. The largest absolute Gasteiger partial charge is 0.478 e. The predicted molar refractivity (Wildman–Crippen MR) is 229 cm³/mol. The molecule has 8 aromatic rings. The number of carbonyl (C=O) groups excluding carboxylic acids is 1. The molecule has 3 N–H and O–H groups in total. The van der Waals surface area contributed by atoms with Gasteiger partial charge in [-0.1, -0.05) is 97.1 Å². The second-order valence-electron chi connectivity index (χ2n) is 14.1. The van der Waals surface area contributed by atoms with Crippen LogP contribution in [0.3, 0.4) is 0 Å². The first kappa shape index (κ1) is 42.8. The number of nitrogens with one attached hydrogen (secondary N) is 1. The van der Waals surface area contributed by atoms with Crippen molar-refractivity contribution in [1.29, 1.82) is 0 Å². The maximum Gasteiger partial charge on any atom is 0.416 e. The first-order chi connectivity index (χ1) is 29.2. The molecule has 0 aliphatic rings. The second-order valence-corrected chi connectivity index (χ2v) is 16.3. The van der Waals surface area contributed by atoms with E-state index in [1.54, 1.807) is 59.9 Å². The minimum atomic E-state index is -4.36. The Bertz CT molecular complexity index is 2830. The summed E-state index contributed by atoms with van der Waals surface area (Å²) in [5.74, 6) is -1.22. The van der Waals surface area contributed by atoms with Gasteiger partial charge in [0, 0.05) is 44.1 Å². The van der Waals surface area contributed by atoms with Gasteiger partial charge in [0.15, 0.2) is 0 Å². The van der Waals surface area contributed by atoms with Gasteiger partial charge in [0.25, 0.3) is 5.91 Å². The minimum absolute atomic E-state index is 0.118. The number of aliphatic hydroxyl groups is 1. The SMILES string of the molecule is O=C(NCCO)c1ccc(-c2cccc3cc(Cc4cccc(C(F)(F)F)c4)sc23)cc1.O=C(O)c1ccc(-c2cccc3cc(Cc4cccc(C(F)(F)F)c4)sc23)cc1. The third kappa shape index (κ3) is 10.4. The zero-order chi connectivity index (χ0) is 43.3. The van der Waals surface area contributed by atoms with Crippen molar-refractivity contribution in [3.8, 4) is 22.3 Å². The quantitative estimate of drug-likeness (QED) is 0.120. The minimum Gasteiger partial charge on any atom is -0.478 e. The molecule has 0 fully saturated rings. The Morgan fingerprint density at radius 3 is 1.38 bits per heavy atom. The van der Waals surface area contributed by atoms with E-state index in [-0.39, 0.29) is 24.6 Å². The van der Waals surface area contributed by atoms with Crippen molar-refractivity contribution in [1.82, 2.24) is 5.32 Å². The third-order valence-electron chi connectivity index (χ3n) is 9.75. The molecule has 0 atom stereocenters. The molecule has 5 nitrogen and oxygen atoms in total. The molecule has 0 aliphatic heterocycles. The van der Waals surface area contributed by atoms with Crippen molar-refractivity contribution in [2.75, 3.05) is 13.2 Å². The molecule has 0 saturated carbocycles. The molecule has 6 aromatic carbocycles. The van der Waals surface area contributed by atoms with Crippen LogP contribution in [0.1, 0.15) is 52.7 Å². The molecule has 8 rings (SSSR count). The monoisotopic (exact) mass is 867 g/mol. The number of aromatic carboxylic acids is 1. The molecule has 13 heteroatoms. The average Bonchev–Trinajstić information content (AvgIpc) is 3.86. The second kappa shape index (κ2) is 18.1. The molecule has 0 spiro atoms. The third-order valence-corrected chi connectivity index (χ3v) is 12.1.